The fourth-order valence-corrected chi connectivity index (χ4v) is 3.08. The Morgan fingerprint density at radius 2 is 1.77 bits per heavy atom. The van der Waals surface area contributed by atoms with Crippen LogP contribution in [0, 0.1) is 12.7 Å². The monoisotopic (exact) mass is 402 g/mol. The van der Waals surface area contributed by atoms with Crippen LogP contribution < -0.4 is 5.56 Å². The molecule has 0 aliphatic heterocycles. The molecule has 0 bridgehead atoms. The van der Waals surface area contributed by atoms with E-state index in [9.17, 15) is 9.18 Å². The van der Waals surface area contributed by atoms with Gasteiger partial charge < -0.3 is 4.52 Å². The van der Waals surface area contributed by atoms with Crippen molar-refractivity contribution in [3.05, 3.63) is 88.5 Å². The van der Waals surface area contributed by atoms with E-state index in [4.69, 9.17) is 4.52 Å². The van der Waals surface area contributed by atoms with Crippen LogP contribution in [0.5, 0.6) is 0 Å². The predicted octanol–water partition coefficient (Wildman–Crippen LogP) is 3.10. The van der Waals surface area contributed by atoms with Gasteiger partial charge in [0, 0.05) is 11.1 Å². The average molecular weight is 402 g/mol. The summed E-state index contributed by atoms with van der Waals surface area (Å²) in [6.07, 6.45) is 1.43. The number of nitrogens with zero attached hydrogens (tertiary/aromatic N) is 6. The van der Waals surface area contributed by atoms with Gasteiger partial charge >= 0.3 is 0 Å². The first kappa shape index (κ1) is 17.9. The number of hydrogen-bond acceptors (Lipinski definition) is 6. The van der Waals surface area contributed by atoms with Gasteiger partial charge in [-0.15, -0.1) is 0 Å². The Balaban J connectivity index is 1.45. The standard InChI is InChI=1S/C21H15FN6O2/c1-13-2-4-15(5-3-13)20-24-19(30-26-20)11-27-21(29)18-10-17(25-28(18)12-23-27)14-6-8-16(22)9-7-14/h2-10,12H,11H2,1H3. The first-order valence-corrected chi connectivity index (χ1v) is 9.18. The molecule has 0 fully saturated rings. The molecule has 0 saturated heterocycles. The molecule has 30 heavy (non-hydrogen) atoms. The van der Waals surface area contributed by atoms with E-state index in [1.165, 1.54) is 27.7 Å². The summed E-state index contributed by atoms with van der Waals surface area (Å²) in [5.74, 6) is 0.376. The van der Waals surface area contributed by atoms with E-state index in [0.717, 1.165) is 11.1 Å². The molecule has 5 aromatic rings. The molecule has 0 N–H and O–H groups in total. The van der Waals surface area contributed by atoms with E-state index in [2.05, 4.69) is 20.3 Å². The first-order valence-electron chi connectivity index (χ1n) is 9.18. The van der Waals surface area contributed by atoms with Crippen LogP contribution in [0.3, 0.4) is 0 Å². The minimum absolute atomic E-state index is 0.0330. The summed E-state index contributed by atoms with van der Waals surface area (Å²) in [7, 11) is 0. The summed E-state index contributed by atoms with van der Waals surface area (Å²) in [5.41, 5.74) is 3.19. The van der Waals surface area contributed by atoms with Gasteiger partial charge in [-0.2, -0.15) is 15.2 Å². The van der Waals surface area contributed by atoms with Crippen LogP contribution in [-0.2, 0) is 6.54 Å². The van der Waals surface area contributed by atoms with Gasteiger partial charge in [-0.25, -0.2) is 13.6 Å². The lowest BCUT2D eigenvalue weighted by atomic mass is 10.1. The molecule has 0 radical (unpaired) electrons. The van der Waals surface area contributed by atoms with Crippen molar-refractivity contribution < 1.29 is 8.91 Å². The number of aromatic nitrogens is 6. The Hall–Kier alpha value is -4.14. The number of halogens is 1. The Morgan fingerprint density at radius 1 is 1.03 bits per heavy atom. The zero-order valence-corrected chi connectivity index (χ0v) is 15.9. The topological polar surface area (TPSA) is 91.1 Å². The summed E-state index contributed by atoms with van der Waals surface area (Å²) < 4.78 is 21.1. The van der Waals surface area contributed by atoms with Gasteiger partial charge in [-0.1, -0.05) is 35.0 Å². The van der Waals surface area contributed by atoms with Gasteiger partial charge in [0.15, 0.2) is 0 Å². The van der Waals surface area contributed by atoms with Crippen LogP contribution >= 0.6 is 0 Å². The highest BCUT2D eigenvalue weighted by molar-refractivity contribution is 5.65. The zero-order chi connectivity index (χ0) is 20.7. The minimum atomic E-state index is -0.353. The molecule has 0 unspecified atom stereocenters. The van der Waals surface area contributed by atoms with Crippen LogP contribution in [0.15, 0.2) is 70.2 Å². The predicted molar refractivity (Wildman–Crippen MR) is 106 cm³/mol. The van der Waals surface area contributed by atoms with Crippen molar-refractivity contribution in [1.29, 1.82) is 0 Å². The number of fused-ring (bicyclic) bond motifs is 1. The highest BCUT2D eigenvalue weighted by Crippen LogP contribution is 2.19. The van der Waals surface area contributed by atoms with Crippen molar-refractivity contribution in [3.63, 3.8) is 0 Å². The van der Waals surface area contributed by atoms with Crippen molar-refractivity contribution in [2.45, 2.75) is 13.5 Å². The number of rotatable bonds is 4. The Morgan fingerprint density at radius 3 is 2.53 bits per heavy atom. The first-order chi connectivity index (χ1) is 14.6. The van der Waals surface area contributed by atoms with Crippen LogP contribution in [0.25, 0.3) is 28.2 Å². The highest BCUT2D eigenvalue weighted by atomic mass is 19.1. The second kappa shape index (κ2) is 7.03. The van der Waals surface area contributed by atoms with Gasteiger partial charge in [-0.05, 0) is 37.3 Å². The zero-order valence-electron chi connectivity index (χ0n) is 15.9. The molecule has 3 heterocycles. The molecule has 0 aliphatic carbocycles. The maximum Gasteiger partial charge on any atom is 0.293 e. The second-order valence-electron chi connectivity index (χ2n) is 6.84. The van der Waals surface area contributed by atoms with E-state index in [-0.39, 0.29) is 23.8 Å². The lowest BCUT2D eigenvalue weighted by molar-refractivity contribution is 0.362. The third-order valence-electron chi connectivity index (χ3n) is 4.69. The van der Waals surface area contributed by atoms with Crippen molar-refractivity contribution in [2.24, 2.45) is 0 Å². The number of benzene rings is 2. The number of aryl methyl sites for hydroxylation is 1. The molecule has 2 aromatic carbocycles. The third kappa shape index (κ3) is 3.26. The fourth-order valence-electron chi connectivity index (χ4n) is 3.08. The average Bonchev–Trinajstić information content (AvgIpc) is 3.39. The van der Waals surface area contributed by atoms with E-state index in [1.54, 1.807) is 18.2 Å². The van der Waals surface area contributed by atoms with Crippen molar-refractivity contribution in [2.75, 3.05) is 0 Å². The van der Waals surface area contributed by atoms with Crippen molar-refractivity contribution in [3.8, 4) is 22.6 Å². The fraction of sp³-hybridized carbons (Fsp3) is 0.0952. The van der Waals surface area contributed by atoms with Gasteiger partial charge in [0.05, 0.1) is 5.69 Å². The molecule has 0 atom stereocenters. The molecule has 0 aliphatic rings. The lowest BCUT2D eigenvalue weighted by Gasteiger charge is -2.00. The molecule has 148 valence electrons. The summed E-state index contributed by atoms with van der Waals surface area (Å²) in [4.78, 5) is 17.2. The molecule has 3 aromatic heterocycles. The van der Waals surface area contributed by atoms with Crippen LogP contribution in [-0.4, -0.2) is 29.5 Å². The van der Waals surface area contributed by atoms with Gasteiger partial charge in [0.2, 0.25) is 11.7 Å². The normalized spacial score (nSPS) is 11.3. The molecule has 0 amide bonds. The summed E-state index contributed by atoms with van der Waals surface area (Å²) in [6, 6.07) is 15.3. The smallest absolute Gasteiger partial charge is 0.293 e. The van der Waals surface area contributed by atoms with E-state index >= 15 is 0 Å². The van der Waals surface area contributed by atoms with Gasteiger partial charge in [0.1, 0.15) is 24.2 Å². The summed E-state index contributed by atoms with van der Waals surface area (Å²) in [5, 5.41) is 12.5. The molecule has 8 nitrogen and oxygen atoms in total. The molecule has 9 heteroatoms. The summed E-state index contributed by atoms with van der Waals surface area (Å²) >= 11 is 0. The molecule has 0 spiro atoms. The number of hydrogen-bond donors (Lipinski definition) is 0. The molecule has 5 rings (SSSR count). The second-order valence-corrected chi connectivity index (χ2v) is 6.84. The maximum atomic E-state index is 13.1. The Bertz CT molecular complexity index is 1400. The van der Waals surface area contributed by atoms with Crippen LogP contribution in [0.4, 0.5) is 4.39 Å². The molecular formula is C21H15FN6O2. The highest BCUT2D eigenvalue weighted by Gasteiger charge is 2.14. The quantitative estimate of drug-likeness (QED) is 0.459. The maximum absolute atomic E-state index is 13.1. The van der Waals surface area contributed by atoms with Crippen molar-refractivity contribution >= 4 is 5.52 Å². The summed E-state index contributed by atoms with van der Waals surface area (Å²) in [6.45, 7) is 2.03. The molecule has 0 saturated carbocycles. The molecular weight excluding hydrogens is 387 g/mol. The largest absolute Gasteiger partial charge is 0.337 e. The van der Waals surface area contributed by atoms with E-state index in [1.807, 2.05) is 31.2 Å². The lowest BCUT2D eigenvalue weighted by Crippen LogP contribution is -2.25. The van der Waals surface area contributed by atoms with Crippen LogP contribution in [0.1, 0.15) is 11.5 Å². The van der Waals surface area contributed by atoms with Gasteiger partial charge in [-0.3, -0.25) is 4.79 Å². The van der Waals surface area contributed by atoms with Crippen LogP contribution in [0.2, 0.25) is 0 Å². The van der Waals surface area contributed by atoms with Gasteiger partial charge in [0.25, 0.3) is 5.56 Å². The van der Waals surface area contributed by atoms with E-state index in [0.29, 0.717) is 22.6 Å². The Labute approximate surface area is 169 Å². The van der Waals surface area contributed by atoms with Crippen molar-refractivity contribution in [1.82, 2.24) is 29.5 Å². The third-order valence-corrected chi connectivity index (χ3v) is 4.69. The SMILES string of the molecule is Cc1ccc(-c2noc(Cn3ncn4nc(-c5ccc(F)cc5)cc4c3=O)n2)cc1. The van der Waals surface area contributed by atoms with E-state index < -0.39 is 0 Å². The minimum Gasteiger partial charge on any atom is -0.337 e. The Kier molecular flexibility index (Phi) is 4.20.